The van der Waals surface area contributed by atoms with Crippen LogP contribution < -0.4 is 9.47 Å². The van der Waals surface area contributed by atoms with Crippen molar-refractivity contribution in [2.75, 3.05) is 7.11 Å². The maximum atomic E-state index is 13.1. The molecule has 0 spiro atoms. The molecule has 1 unspecified atom stereocenters. The van der Waals surface area contributed by atoms with E-state index >= 15 is 0 Å². The number of allylic oxidation sites excluding steroid dienone is 2. The minimum atomic E-state index is -0.960. The van der Waals surface area contributed by atoms with E-state index in [4.69, 9.17) is 9.47 Å². The first-order valence-corrected chi connectivity index (χ1v) is 10.2. The molecule has 0 saturated heterocycles. The van der Waals surface area contributed by atoms with Crippen LogP contribution in [0.2, 0.25) is 0 Å². The number of carbonyl (C=O) groups is 2. The van der Waals surface area contributed by atoms with Gasteiger partial charge in [-0.05, 0) is 33.6 Å². The molecule has 0 aliphatic carbocycles. The van der Waals surface area contributed by atoms with Gasteiger partial charge in [0.25, 0.3) is 0 Å². The summed E-state index contributed by atoms with van der Waals surface area (Å²) in [5, 5.41) is 20.6. The molecule has 0 radical (unpaired) electrons. The van der Waals surface area contributed by atoms with Crippen molar-refractivity contribution in [3.8, 4) is 17.2 Å². The standard InChI is InChI=1S/C23H32O6/c1-7-8-15(11-17(24)25)18-21(27)19-20(26)13(4)14(5)29-23(19)16(22(18)28-6)10-9-12(2)3/h9,13-15,27H,7-8,10-11H2,1-6H3,(H,24,25)/t13-,14+,15?/m1/s1. The second-order valence-electron chi connectivity index (χ2n) is 8.02. The fourth-order valence-electron chi connectivity index (χ4n) is 3.86. The summed E-state index contributed by atoms with van der Waals surface area (Å²) in [5.74, 6) is -1.47. The number of aromatic hydroxyl groups is 1. The minimum absolute atomic E-state index is 0.148. The lowest BCUT2D eigenvalue weighted by atomic mass is 9.81. The Morgan fingerprint density at radius 1 is 1.31 bits per heavy atom. The first-order valence-electron chi connectivity index (χ1n) is 10.2. The van der Waals surface area contributed by atoms with Crippen LogP contribution in [0.15, 0.2) is 11.6 Å². The van der Waals surface area contributed by atoms with Crippen LogP contribution in [0.4, 0.5) is 0 Å². The zero-order valence-corrected chi connectivity index (χ0v) is 18.2. The highest BCUT2D eigenvalue weighted by atomic mass is 16.5. The summed E-state index contributed by atoms with van der Waals surface area (Å²) >= 11 is 0. The number of phenolic OH excluding ortho intramolecular Hbond substituents is 1. The molecule has 0 fully saturated rings. The third-order valence-electron chi connectivity index (χ3n) is 5.56. The number of rotatable bonds is 8. The van der Waals surface area contributed by atoms with Crippen LogP contribution in [0, 0.1) is 5.92 Å². The zero-order valence-electron chi connectivity index (χ0n) is 18.2. The molecule has 1 aromatic carbocycles. The van der Waals surface area contributed by atoms with Crippen LogP contribution in [-0.2, 0) is 11.2 Å². The van der Waals surface area contributed by atoms with Gasteiger partial charge >= 0.3 is 5.97 Å². The molecule has 6 nitrogen and oxygen atoms in total. The van der Waals surface area contributed by atoms with Crippen molar-refractivity contribution in [2.45, 2.75) is 72.3 Å². The van der Waals surface area contributed by atoms with Crippen molar-refractivity contribution >= 4 is 11.8 Å². The summed E-state index contributed by atoms with van der Waals surface area (Å²) in [6.07, 6.45) is 3.26. The summed E-state index contributed by atoms with van der Waals surface area (Å²) < 4.78 is 11.8. The first-order chi connectivity index (χ1) is 13.6. The molecule has 0 saturated carbocycles. The fraction of sp³-hybridized carbons (Fsp3) is 0.565. The van der Waals surface area contributed by atoms with E-state index in [1.807, 2.05) is 33.8 Å². The van der Waals surface area contributed by atoms with Crippen molar-refractivity contribution in [2.24, 2.45) is 5.92 Å². The molecule has 3 atom stereocenters. The Morgan fingerprint density at radius 2 is 1.97 bits per heavy atom. The molecular weight excluding hydrogens is 372 g/mol. The second-order valence-corrected chi connectivity index (χ2v) is 8.02. The summed E-state index contributed by atoms with van der Waals surface area (Å²) in [6, 6.07) is 0. The molecule has 1 aliphatic rings. The number of hydrogen-bond donors (Lipinski definition) is 2. The van der Waals surface area contributed by atoms with Gasteiger partial charge in [-0.2, -0.15) is 0 Å². The molecule has 0 amide bonds. The van der Waals surface area contributed by atoms with Crippen molar-refractivity contribution in [1.82, 2.24) is 0 Å². The number of fused-ring (bicyclic) bond motifs is 1. The van der Waals surface area contributed by atoms with Crippen LogP contribution in [0.3, 0.4) is 0 Å². The second kappa shape index (κ2) is 9.33. The van der Waals surface area contributed by atoms with E-state index in [1.54, 1.807) is 6.92 Å². The number of ether oxygens (including phenoxy) is 2. The largest absolute Gasteiger partial charge is 0.507 e. The normalized spacial score (nSPS) is 19.2. The van der Waals surface area contributed by atoms with Crippen LogP contribution in [0.1, 0.15) is 81.3 Å². The molecule has 1 aromatic rings. The van der Waals surface area contributed by atoms with Crippen LogP contribution in [-0.4, -0.2) is 35.2 Å². The summed E-state index contributed by atoms with van der Waals surface area (Å²) in [5.41, 5.74) is 2.31. The van der Waals surface area contributed by atoms with E-state index in [9.17, 15) is 19.8 Å². The Labute approximate surface area is 172 Å². The molecule has 29 heavy (non-hydrogen) atoms. The Bertz CT molecular complexity index is 819. The number of carboxylic acids is 1. The van der Waals surface area contributed by atoms with E-state index in [0.717, 1.165) is 12.0 Å². The molecule has 6 heteroatoms. The highest BCUT2D eigenvalue weighted by molar-refractivity contribution is 6.05. The molecule has 1 aliphatic heterocycles. The SMILES string of the molecule is CCCC(CC(=O)O)c1c(O)c2c(c(CC=C(C)C)c1OC)O[C@@H](C)[C@@H](C)C2=O. The Hall–Kier alpha value is -2.50. The number of benzene rings is 1. The number of carbonyl (C=O) groups excluding carboxylic acids is 1. The van der Waals surface area contributed by atoms with Crippen LogP contribution in [0.5, 0.6) is 17.2 Å². The summed E-state index contributed by atoms with van der Waals surface area (Å²) in [7, 11) is 1.50. The van der Waals surface area contributed by atoms with E-state index in [0.29, 0.717) is 35.5 Å². The van der Waals surface area contributed by atoms with Gasteiger partial charge in [-0.15, -0.1) is 0 Å². The number of aliphatic carboxylic acids is 1. The zero-order chi connectivity index (χ0) is 21.9. The van der Waals surface area contributed by atoms with E-state index in [-0.39, 0.29) is 29.6 Å². The van der Waals surface area contributed by atoms with Gasteiger partial charge in [0, 0.05) is 17.0 Å². The molecule has 0 aromatic heterocycles. The van der Waals surface area contributed by atoms with Gasteiger partial charge in [-0.25, -0.2) is 0 Å². The Kier molecular flexibility index (Phi) is 7.33. The molecule has 1 heterocycles. The smallest absolute Gasteiger partial charge is 0.303 e. The molecular formula is C23H32O6. The van der Waals surface area contributed by atoms with Crippen molar-refractivity contribution in [1.29, 1.82) is 0 Å². The number of phenols is 1. The highest BCUT2D eigenvalue weighted by Crippen LogP contribution is 2.51. The summed E-state index contributed by atoms with van der Waals surface area (Å²) in [6.45, 7) is 9.51. The van der Waals surface area contributed by atoms with E-state index in [2.05, 4.69) is 0 Å². The first kappa shape index (κ1) is 22.8. The van der Waals surface area contributed by atoms with Gasteiger partial charge in [0.2, 0.25) is 0 Å². The third-order valence-corrected chi connectivity index (χ3v) is 5.56. The number of carboxylic acid groups (broad SMARTS) is 1. The average molecular weight is 405 g/mol. The topological polar surface area (TPSA) is 93.1 Å². The van der Waals surface area contributed by atoms with Crippen LogP contribution >= 0.6 is 0 Å². The van der Waals surface area contributed by atoms with Crippen LogP contribution in [0.25, 0.3) is 0 Å². The number of hydrogen-bond acceptors (Lipinski definition) is 5. The third kappa shape index (κ3) is 4.57. The number of methoxy groups -OCH3 is 1. The number of ketones is 1. The summed E-state index contributed by atoms with van der Waals surface area (Å²) in [4.78, 5) is 24.6. The Morgan fingerprint density at radius 3 is 2.48 bits per heavy atom. The predicted molar refractivity (Wildman–Crippen MR) is 111 cm³/mol. The molecule has 0 bridgehead atoms. The molecule has 2 N–H and O–H groups in total. The monoisotopic (exact) mass is 404 g/mol. The van der Waals surface area contributed by atoms with E-state index < -0.39 is 17.8 Å². The van der Waals surface area contributed by atoms with Crippen molar-refractivity contribution in [3.63, 3.8) is 0 Å². The van der Waals surface area contributed by atoms with Crippen molar-refractivity contribution < 1.29 is 29.3 Å². The average Bonchev–Trinajstić information content (AvgIpc) is 2.63. The molecule has 160 valence electrons. The van der Waals surface area contributed by atoms with Crippen molar-refractivity contribution in [3.05, 3.63) is 28.3 Å². The minimum Gasteiger partial charge on any atom is -0.507 e. The van der Waals surface area contributed by atoms with E-state index in [1.165, 1.54) is 7.11 Å². The maximum Gasteiger partial charge on any atom is 0.303 e. The molecule has 2 rings (SSSR count). The quantitative estimate of drug-likeness (QED) is 0.601. The van der Waals surface area contributed by atoms with Gasteiger partial charge in [0.15, 0.2) is 5.78 Å². The van der Waals surface area contributed by atoms with Gasteiger partial charge < -0.3 is 19.7 Å². The predicted octanol–water partition coefficient (Wildman–Crippen LogP) is 4.87. The lowest BCUT2D eigenvalue weighted by molar-refractivity contribution is -0.137. The van der Waals surface area contributed by atoms with Gasteiger partial charge in [-0.1, -0.05) is 31.9 Å². The lowest BCUT2D eigenvalue weighted by Gasteiger charge is -2.33. The van der Waals surface area contributed by atoms with Gasteiger partial charge in [0.05, 0.1) is 19.4 Å². The fourth-order valence-corrected chi connectivity index (χ4v) is 3.86. The van der Waals surface area contributed by atoms with Gasteiger partial charge in [0.1, 0.15) is 28.9 Å². The Balaban J connectivity index is 2.86. The van der Waals surface area contributed by atoms with Gasteiger partial charge in [-0.3, -0.25) is 9.59 Å². The number of Topliss-reactive ketones (excluding diaryl/α,β-unsaturated/α-hetero) is 1. The maximum absolute atomic E-state index is 13.1. The highest BCUT2D eigenvalue weighted by Gasteiger charge is 2.39. The lowest BCUT2D eigenvalue weighted by Crippen LogP contribution is -2.34.